The van der Waals surface area contributed by atoms with Gasteiger partial charge in [0.05, 0.1) is 12.7 Å². The molecule has 1 fully saturated rings. The molecule has 1 unspecified atom stereocenters. The van der Waals surface area contributed by atoms with Gasteiger partial charge in [0, 0.05) is 54.8 Å². The standard InChI is InChI=1S/C21H25N5O2/c1-15(2)26-13-19(22-23-26)21(28)10-11-25(14-21)20(27)9-8-16-12-24(3)18-7-5-4-6-17(16)18/h4-9,12-13,15,28H,10-11,14H2,1-3H3/b9-8+. The first-order chi connectivity index (χ1) is 13.4. The molecule has 0 bridgehead atoms. The number of aliphatic hydroxyl groups is 1. The maximum absolute atomic E-state index is 12.7. The van der Waals surface area contributed by atoms with Crippen molar-refractivity contribution in [2.45, 2.75) is 31.9 Å². The SMILES string of the molecule is CC(C)n1cc(C2(O)CCN(C(=O)/C=C/c3cn(C)c4ccccc34)C2)nn1. The number of benzene rings is 1. The van der Waals surface area contributed by atoms with Crippen LogP contribution in [0.15, 0.2) is 42.7 Å². The highest BCUT2D eigenvalue weighted by Gasteiger charge is 2.41. The molecule has 7 nitrogen and oxygen atoms in total. The van der Waals surface area contributed by atoms with Gasteiger partial charge in [0.1, 0.15) is 11.3 Å². The Morgan fingerprint density at radius 1 is 1.29 bits per heavy atom. The van der Waals surface area contributed by atoms with Crippen LogP contribution >= 0.6 is 0 Å². The number of hydrogen-bond acceptors (Lipinski definition) is 4. The average molecular weight is 379 g/mol. The molecule has 2 aromatic heterocycles. The summed E-state index contributed by atoms with van der Waals surface area (Å²) in [4.78, 5) is 14.3. The second-order valence-corrected chi connectivity index (χ2v) is 7.76. The van der Waals surface area contributed by atoms with Crippen LogP contribution in [0.2, 0.25) is 0 Å². The second-order valence-electron chi connectivity index (χ2n) is 7.76. The molecule has 3 aromatic rings. The Balaban J connectivity index is 1.49. The van der Waals surface area contributed by atoms with Crippen molar-refractivity contribution < 1.29 is 9.90 Å². The van der Waals surface area contributed by atoms with E-state index in [4.69, 9.17) is 0 Å². The van der Waals surface area contributed by atoms with Crippen LogP contribution < -0.4 is 0 Å². The van der Waals surface area contributed by atoms with E-state index in [9.17, 15) is 9.90 Å². The summed E-state index contributed by atoms with van der Waals surface area (Å²) in [5, 5.41) is 20.3. The van der Waals surface area contributed by atoms with Crippen LogP contribution in [0.1, 0.15) is 37.6 Å². The topological polar surface area (TPSA) is 76.2 Å². The smallest absolute Gasteiger partial charge is 0.246 e. The molecule has 1 amide bonds. The van der Waals surface area contributed by atoms with Crippen molar-refractivity contribution in [3.63, 3.8) is 0 Å². The summed E-state index contributed by atoms with van der Waals surface area (Å²) in [6.45, 7) is 4.72. The Bertz CT molecular complexity index is 1050. The zero-order chi connectivity index (χ0) is 19.9. The number of nitrogens with zero attached hydrogens (tertiary/aromatic N) is 5. The van der Waals surface area contributed by atoms with Gasteiger partial charge < -0.3 is 14.6 Å². The van der Waals surface area contributed by atoms with Crippen LogP contribution in [0.5, 0.6) is 0 Å². The predicted octanol–water partition coefficient (Wildman–Crippen LogP) is 2.48. The largest absolute Gasteiger partial charge is 0.381 e. The van der Waals surface area contributed by atoms with Gasteiger partial charge >= 0.3 is 0 Å². The Hall–Kier alpha value is -2.93. The number of rotatable bonds is 4. The van der Waals surface area contributed by atoms with Gasteiger partial charge in [0.2, 0.25) is 5.91 Å². The van der Waals surface area contributed by atoms with Crippen LogP contribution in [-0.2, 0) is 17.4 Å². The molecule has 0 spiro atoms. The summed E-state index contributed by atoms with van der Waals surface area (Å²) in [6, 6.07) is 8.27. The predicted molar refractivity (Wildman–Crippen MR) is 107 cm³/mol. The van der Waals surface area contributed by atoms with E-state index in [2.05, 4.69) is 16.4 Å². The highest BCUT2D eigenvalue weighted by atomic mass is 16.3. The van der Waals surface area contributed by atoms with E-state index >= 15 is 0 Å². The molecule has 0 radical (unpaired) electrons. The van der Waals surface area contributed by atoms with E-state index in [1.165, 1.54) is 0 Å². The van der Waals surface area contributed by atoms with E-state index in [0.717, 1.165) is 16.5 Å². The third-order valence-electron chi connectivity index (χ3n) is 5.41. The highest BCUT2D eigenvalue weighted by molar-refractivity contribution is 5.96. The number of hydrogen-bond donors (Lipinski definition) is 1. The van der Waals surface area contributed by atoms with E-state index in [1.807, 2.05) is 55.9 Å². The summed E-state index contributed by atoms with van der Waals surface area (Å²) in [7, 11) is 1.99. The average Bonchev–Trinajstić information content (AvgIpc) is 3.39. The molecule has 1 saturated heterocycles. The number of amides is 1. The summed E-state index contributed by atoms with van der Waals surface area (Å²) in [6.07, 6.45) is 7.66. The molecular formula is C21H25N5O2. The van der Waals surface area contributed by atoms with Gasteiger partial charge in [0.15, 0.2) is 0 Å². The van der Waals surface area contributed by atoms with Gasteiger partial charge in [-0.05, 0) is 26.0 Å². The summed E-state index contributed by atoms with van der Waals surface area (Å²) < 4.78 is 3.77. The lowest BCUT2D eigenvalue weighted by Gasteiger charge is -2.20. The Morgan fingerprint density at radius 2 is 2.07 bits per heavy atom. The third-order valence-corrected chi connectivity index (χ3v) is 5.41. The molecule has 4 rings (SSSR count). The zero-order valence-corrected chi connectivity index (χ0v) is 16.4. The van der Waals surface area contributed by atoms with Crippen LogP contribution in [0.3, 0.4) is 0 Å². The monoisotopic (exact) mass is 379 g/mol. The molecule has 1 aliphatic rings. The molecule has 1 atom stereocenters. The van der Waals surface area contributed by atoms with E-state index in [1.54, 1.807) is 21.9 Å². The van der Waals surface area contributed by atoms with Crippen LogP contribution in [0.4, 0.5) is 0 Å². The molecular weight excluding hydrogens is 354 g/mol. The molecule has 28 heavy (non-hydrogen) atoms. The number of likely N-dealkylation sites (tertiary alicyclic amines) is 1. The lowest BCUT2D eigenvalue weighted by Crippen LogP contribution is -2.33. The first-order valence-electron chi connectivity index (χ1n) is 9.53. The van der Waals surface area contributed by atoms with Crippen LogP contribution in [0, 0.1) is 0 Å². The minimum atomic E-state index is -1.14. The van der Waals surface area contributed by atoms with Crippen molar-refractivity contribution in [2.75, 3.05) is 13.1 Å². The summed E-state index contributed by atoms with van der Waals surface area (Å²) in [5.41, 5.74) is 1.50. The zero-order valence-electron chi connectivity index (χ0n) is 16.4. The number of aromatic nitrogens is 4. The quantitative estimate of drug-likeness (QED) is 0.707. The molecule has 0 saturated carbocycles. The third kappa shape index (κ3) is 3.22. The first-order valence-corrected chi connectivity index (χ1v) is 9.53. The van der Waals surface area contributed by atoms with Gasteiger partial charge in [0.25, 0.3) is 0 Å². The number of β-amino-alcohol motifs (C(OH)–C–C–N with tert-alkyl or cyclic N) is 1. The van der Waals surface area contributed by atoms with E-state index < -0.39 is 5.60 Å². The molecule has 1 aromatic carbocycles. The van der Waals surface area contributed by atoms with Crippen LogP contribution in [-0.4, -0.2) is 48.6 Å². The molecule has 1 aliphatic heterocycles. The number of para-hydroxylation sites is 1. The van der Waals surface area contributed by atoms with Crippen molar-refractivity contribution in [1.82, 2.24) is 24.5 Å². The van der Waals surface area contributed by atoms with Gasteiger partial charge in [-0.25, -0.2) is 4.68 Å². The summed E-state index contributed by atoms with van der Waals surface area (Å²) >= 11 is 0. The second kappa shape index (κ2) is 6.91. The number of fused-ring (bicyclic) bond motifs is 1. The van der Waals surface area contributed by atoms with Crippen molar-refractivity contribution in [2.24, 2.45) is 7.05 Å². The minimum Gasteiger partial charge on any atom is -0.381 e. The number of carbonyl (C=O) groups excluding carboxylic acids is 1. The molecule has 7 heteroatoms. The fraction of sp³-hybridized carbons (Fsp3) is 0.381. The van der Waals surface area contributed by atoms with Crippen LogP contribution in [0.25, 0.3) is 17.0 Å². The Labute approximate surface area is 163 Å². The maximum atomic E-state index is 12.7. The lowest BCUT2D eigenvalue weighted by atomic mass is 10.00. The molecule has 146 valence electrons. The van der Waals surface area contributed by atoms with Crippen molar-refractivity contribution in [3.05, 3.63) is 54.0 Å². The first kappa shape index (κ1) is 18.4. The number of carbonyl (C=O) groups is 1. The van der Waals surface area contributed by atoms with Crippen molar-refractivity contribution in [3.8, 4) is 0 Å². The van der Waals surface area contributed by atoms with Gasteiger partial charge in [-0.2, -0.15) is 0 Å². The van der Waals surface area contributed by atoms with Crippen molar-refractivity contribution >= 4 is 22.9 Å². The van der Waals surface area contributed by atoms with Gasteiger partial charge in [-0.15, -0.1) is 5.10 Å². The van der Waals surface area contributed by atoms with Crippen molar-refractivity contribution in [1.29, 1.82) is 0 Å². The molecule has 1 N–H and O–H groups in total. The fourth-order valence-electron chi connectivity index (χ4n) is 3.71. The van der Waals surface area contributed by atoms with Gasteiger partial charge in [-0.3, -0.25) is 4.79 Å². The lowest BCUT2D eigenvalue weighted by molar-refractivity contribution is -0.126. The maximum Gasteiger partial charge on any atom is 0.246 e. The van der Waals surface area contributed by atoms with Gasteiger partial charge in [-0.1, -0.05) is 23.4 Å². The molecule has 3 heterocycles. The fourth-order valence-corrected chi connectivity index (χ4v) is 3.71. The normalized spacial score (nSPS) is 20.1. The highest BCUT2D eigenvalue weighted by Crippen LogP contribution is 2.31. The number of aryl methyl sites for hydroxylation is 1. The Morgan fingerprint density at radius 3 is 2.82 bits per heavy atom. The minimum absolute atomic E-state index is 0.111. The molecule has 0 aliphatic carbocycles. The Kier molecular flexibility index (Phi) is 4.55. The summed E-state index contributed by atoms with van der Waals surface area (Å²) in [5.74, 6) is -0.111. The van der Waals surface area contributed by atoms with E-state index in [-0.39, 0.29) is 18.5 Å². The van der Waals surface area contributed by atoms with E-state index in [0.29, 0.717) is 18.7 Å².